The Hall–Kier alpha value is -1.71. The van der Waals surface area contributed by atoms with Crippen molar-refractivity contribution in [2.45, 2.75) is 12.8 Å². The van der Waals surface area contributed by atoms with E-state index in [4.69, 9.17) is 27.9 Å². The van der Waals surface area contributed by atoms with Gasteiger partial charge in [0.1, 0.15) is 11.6 Å². The lowest BCUT2D eigenvalue weighted by molar-refractivity contribution is 0.415. The van der Waals surface area contributed by atoms with Crippen LogP contribution in [0.3, 0.4) is 0 Å². The van der Waals surface area contributed by atoms with Crippen LogP contribution in [0.2, 0.25) is 5.02 Å². The fourth-order valence-electron chi connectivity index (χ4n) is 2.34. The Morgan fingerprint density at radius 3 is 2.67 bits per heavy atom. The highest BCUT2D eigenvalue weighted by molar-refractivity contribution is 6.31. The fourth-order valence-corrected chi connectivity index (χ4v) is 2.69. The number of aryl methyl sites for hydroxylation is 1. The van der Waals surface area contributed by atoms with Crippen LogP contribution in [-0.4, -0.2) is 16.7 Å². The number of fused-ring (bicyclic) bond motifs is 1. The van der Waals surface area contributed by atoms with E-state index in [2.05, 4.69) is 4.98 Å². The van der Waals surface area contributed by atoms with Gasteiger partial charge in [0.2, 0.25) is 0 Å². The maximum absolute atomic E-state index is 6.24. The van der Waals surface area contributed by atoms with Crippen LogP contribution < -0.4 is 4.74 Å². The zero-order chi connectivity index (χ0) is 15.0. The number of methoxy groups -OCH3 is 1. The molecule has 3 nitrogen and oxygen atoms in total. The Labute approximate surface area is 133 Å². The van der Waals surface area contributed by atoms with E-state index in [1.807, 2.05) is 47.9 Å². The van der Waals surface area contributed by atoms with Gasteiger partial charge in [-0.3, -0.25) is 4.57 Å². The molecule has 3 aromatic rings. The van der Waals surface area contributed by atoms with Crippen molar-refractivity contribution in [3.05, 3.63) is 52.8 Å². The minimum atomic E-state index is 0.322. The number of nitrogens with zero attached hydrogens (tertiary/aromatic N) is 2. The van der Waals surface area contributed by atoms with Gasteiger partial charge in [-0.2, -0.15) is 0 Å². The summed E-state index contributed by atoms with van der Waals surface area (Å²) in [6.45, 7) is 1.98. The number of alkyl halides is 1. The standard InChI is InChI=1S/C16H14Cl2N2O/c1-10-3-4-11(7-13(10)18)20-15-6-5-12(21-2)8-14(15)19-16(20)9-17/h3-8H,9H2,1-2H3. The summed E-state index contributed by atoms with van der Waals surface area (Å²) in [4.78, 5) is 4.58. The van der Waals surface area contributed by atoms with Gasteiger partial charge < -0.3 is 4.74 Å². The zero-order valence-corrected chi connectivity index (χ0v) is 13.2. The van der Waals surface area contributed by atoms with Crippen LogP contribution >= 0.6 is 23.2 Å². The monoisotopic (exact) mass is 320 g/mol. The predicted molar refractivity (Wildman–Crippen MR) is 86.9 cm³/mol. The molecule has 3 rings (SSSR count). The normalized spacial score (nSPS) is 11.0. The second kappa shape index (κ2) is 5.58. The van der Waals surface area contributed by atoms with Crippen molar-refractivity contribution in [3.63, 3.8) is 0 Å². The Morgan fingerprint density at radius 1 is 1.19 bits per heavy atom. The van der Waals surface area contributed by atoms with E-state index in [1.54, 1.807) is 7.11 Å². The molecule has 1 heterocycles. The smallest absolute Gasteiger partial charge is 0.129 e. The summed E-state index contributed by atoms with van der Waals surface area (Å²) in [6.07, 6.45) is 0. The van der Waals surface area contributed by atoms with E-state index >= 15 is 0 Å². The molecule has 0 radical (unpaired) electrons. The van der Waals surface area contributed by atoms with Crippen molar-refractivity contribution in [1.29, 1.82) is 0 Å². The summed E-state index contributed by atoms with van der Waals surface area (Å²) in [5.41, 5.74) is 3.82. The van der Waals surface area contributed by atoms with E-state index in [0.717, 1.165) is 38.9 Å². The number of ether oxygens (including phenoxy) is 1. The molecular formula is C16H14Cl2N2O. The van der Waals surface area contributed by atoms with Crippen LogP contribution in [0.1, 0.15) is 11.4 Å². The molecule has 0 saturated heterocycles. The molecule has 0 bridgehead atoms. The molecule has 5 heteroatoms. The number of aromatic nitrogens is 2. The van der Waals surface area contributed by atoms with E-state index in [0.29, 0.717) is 5.88 Å². The number of hydrogen-bond acceptors (Lipinski definition) is 2. The molecule has 0 saturated carbocycles. The minimum absolute atomic E-state index is 0.322. The summed E-state index contributed by atoms with van der Waals surface area (Å²) < 4.78 is 7.26. The average molecular weight is 321 g/mol. The van der Waals surface area contributed by atoms with E-state index in [9.17, 15) is 0 Å². The molecule has 0 amide bonds. The first-order valence-corrected chi connectivity index (χ1v) is 7.43. The third-order valence-electron chi connectivity index (χ3n) is 3.46. The summed E-state index contributed by atoms with van der Waals surface area (Å²) in [7, 11) is 1.64. The van der Waals surface area contributed by atoms with Crippen molar-refractivity contribution in [3.8, 4) is 11.4 Å². The highest BCUT2D eigenvalue weighted by Crippen LogP contribution is 2.28. The second-order valence-corrected chi connectivity index (χ2v) is 5.46. The van der Waals surface area contributed by atoms with Crippen molar-refractivity contribution in [2.24, 2.45) is 0 Å². The lowest BCUT2D eigenvalue weighted by Crippen LogP contribution is -1.99. The summed E-state index contributed by atoms with van der Waals surface area (Å²) in [5.74, 6) is 1.87. The van der Waals surface area contributed by atoms with Crippen LogP contribution in [0.4, 0.5) is 0 Å². The third-order valence-corrected chi connectivity index (χ3v) is 4.11. The topological polar surface area (TPSA) is 27.1 Å². The largest absolute Gasteiger partial charge is 0.497 e. The van der Waals surface area contributed by atoms with Gasteiger partial charge in [0.05, 0.1) is 24.0 Å². The lowest BCUT2D eigenvalue weighted by atomic mass is 10.2. The molecule has 2 aromatic carbocycles. The quantitative estimate of drug-likeness (QED) is 0.652. The summed E-state index contributed by atoms with van der Waals surface area (Å²) >= 11 is 12.3. The lowest BCUT2D eigenvalue weighted by Gasteiger charge is -2.09. The van der Waals surface area contributed by atoms with E-state index < -0.39 is 0 Å². The summed E-state index contributed by atoms with van der Waals surface area (Å²) in [5, 5.41) is 0.725. The maximum Gasteiger partial charge on any atom is 0.129 e. The Kier molecular flexibility index (Phi) is 3.79. The molecule has 0 unspecified atom stereocenters. The predicted octanol–water partition coefficient (Wildman–Crippen LogP) is 4.73. The van der Waals surface area contributed by atoms with Crippen molar-refractivity contribution < 1.29 is 4.74 Å². The molecule has 0 atom stereocenters. The van der Waals surface area contributed by atoms with Crippen LogP contribution in [0.15, 0.2) is 36.4 Å². The number of imidazole rings is 1. The van der Waals surface area contributed by atoms with Crippen LogP contribution in [0.25, 0.3) is 16.7 Å². The van der Waals surface area contributed by atoms with Crippen molar-refractivity contribution in [2.75, 3.05) is 7.11 Å². The molecule has 0 aliphatic carbocycles. The number of rotatable bonds is 3. The molecule has 1 aromatic heterocycles. The fraction of sp³-hybridized carbons (Fsp3) is 0.188. The molecule has 0 fully saturated rings. The number of benzene rings is 2. The molecular weight excluding hydrogens is 307 g/mol. The first-order valence-electron chi connectivity index (χ1n) is 6.52. The van der Waals surface area contributed by atoms with Crippen LogP contribution in [-0.2, 0) is 5.88 Å². The highest BCUT2D eigenvalue weighted by atomic mass is 35.5. The first kappa shape index (κ1) is 14.2. The molecule has 108 valence electrons. The van der Waals surface area contributed by atoms with Gasteiger partial charge >= 0.3 is 0 Å². The third kappa shape index (κ3) is 2.47. The Morgan fingerprint density at radius 2 is 2.00 bits per heavy atom. The second-order valence-electron chi connectivity index (χ2n) is 4.79. The SMILES string of the molecule is COc1ccc2c(c1)nc(CCl)n2-c1ccc(C)c(Cl)c1. The Bertz CT molecular complexity index is 811. The minimum Gasteiger partial charge on any atom is -0.497 e. The van der Waals surface area contributed by atoms with Gasteiger partial charge in [-0.25, -0.2) is 4.98 Å². The van der Waals surface area contributed by atoms with Gasteiger partial charge in [-0.1, -0.05) is 17.7 Å². The molecule has 0 spiro atoms. The van der Waals surface area contributed by atoms with Crippen molar-refractivity contribution >= 4 is 34.2 Å². The van der Waals surface area contributed by atoms with Gasteiger partial charge in [0.15, 0.2) is 0 Å². The van der Waals surface area contributed by atoms with Crippen molar-refractivity contribution in [1.82, 2.24) is 9.55 Å². The van der Waals surface area contributed by atoms with Gasteiger partial charge in [0.25, 0.3) is 0 Å². The molecule has 21 heavy (non-hydrogen) atoms. The van der Waals surface area contributed by atoms with Gasteiger partial charge in [-0.05, 0) is 36.8 Å². The van der Waals surface area contributed by atoms with Crippen LogP contribution in [0.5, 0.6) is 5.75 Å². The first-order chi connectivity index (χ1) is 10.1. The molecule has 0 aliphatic rings. The Balaban J connectivity index is 2.26. The number of hydrogen-bond donors (Lipinski definition) is 0. The van der Waals surface area contributed by atoms with E-state index in [-0.39, 0.29) is 0 Å². The molecule has 0 N–H and O–H groups in total. The van der Waals surface area contributed by atoms with Gasteiger partial charge in [0, 0.05) is 16.8 Å². The zero-order valence-electron chi connectivity index (χ0n) is 11.7. The average Bonchev–Trinajstić information content (AvgIpc) is 2.87. The van der Waals surface area contributed by atoms with Crippen LogP contribution in [0, 0.1) is 6.92 Å². The summed E-state index contributed by atoms with van der Waals surface area (Å²) in [6, 6.07) is 11.7. The highest BCUT2D eigenvalue weighted by Gasteiger charge is 2.13. The maximum atomic E-state index is 6.24. The van der Waals surface area contributed by atoms with E-state index in [1.165, 1.54) is 0 Å². The molecule has 0 aliphatic heterocycles. The van der Waals surface area contributed by atoms with Gasteiger partial charge in [-0.15, -0.1) is 11.6 Å². The number of halogens is 2.